The van der Waals surface area contributed by atoms with Crippen LogP contribution in [0, 0.1) is 12.8 Å². The molecule has 0 spiro atoms. The fourth-order valence-corrected chi connectivity index (χ4v) is 5.13. The molecule has 11 heteroatoms. The van der Waals surface area contributed by atoms with E-state index in [1.807, 2.05) is 20.0 Å². The third-order valence-electron chi connectivity index (χ3n) is 7.57. The van der Waals surface area contributed by atoms with Crippen LogP contribution in [0.1, 0.15) is 61.9 Å². The van der Waals surface area contributed by atoms with E-state index < -0.39 is 12.3 Å². The molecule has 0 unspecified atom stereocenters. The van der Waals surface area contributed by atoms with E-state index >= 15 is 0 Å². The van der Waals surface area contributed by atoms with Crippen LogP contribution in [0.4, 0.5) is 13.2 Å². The molecule has 0 saturated heterocycles. The van der Waals surface area contributed by atoms with Gasteiger partial charge in [0.1, 0.15) is 5.82 Å². The van der Waals surface area contributed by atoms with E-state index in [4.69, 9.17) is 4.74 Å². The summed E-state index contributed by atoms with van der Waals surface area (Å²) >= 11 is 0. The van der Waals surface area contributed by atoms with Crippen molar-refractivity contribution in [1.82, 2.24) is 30.0 Å². The van der Waals surface area contributed by atoms with Gasteiger partial charge in [-0.2, -0.15) is 18.3 Å². The molecule has 1 aliphatic carbocycles. The number of ether oxygens (including phenoxy) is 1. The number of aryl methyl sites for hydroxylation is 2. The van der Waals surface area contributed by atoms with Gasteiger partial charge in [0.05, 0.1) is 6.42 Å². The van der Waals surface area contributed by atoms with Crippen molar-refractivity contribution in [1.29, 1.82) is 0 Å². The maximum atomic E-state index is 12.8. The smallest absolute Gasteiger partial charge is 0.425 e. The fourth-order valence-electron chi connectivity index (χ4n) is 5.13. The molecule has 37 heavy (non-hydrogen) atoms. The number of fused-ring (bicyclic) bond motifs is 1. The van der Waals surface area contributed by atoms with Crippen molar-refractivity contribution in [2.45, 2.75) is 83.5 Å². The highest BCUT2D eigenvalue weighted by atomic mass is 19.4. The number of carbonyl (C=O) groups excluding carboxylic acids is 1. The number of nitrogens with one attached hydrogen (secondary N) is 1. The number of amides is 1. The molecular formula is C26H37F3N6O2. The summed E-state index contributed by atoms with van der Waals surface area (Å²) in [4.78, 5) is 23.5. The Labute approximate surface area is 216 Å². The SMILES string of the molecule is Cc1nc(CC(=O)NC2CCC(CCN3CCc4ccc(O[C@H](C)C(F)(F)F)nc4CC3)CC2)nn1C. The Bertz CT molecular complexity index is 1050. The maximum absolute atomic E-state index is 12.8. The molecule has 2 aliphatic rings. The quantitative estimate of drug-likeness (QED) is 0.571. The second-order valence-electron chi connectivity index (χ2n) is 10.3. The molecule has 3 heterocycles. The minimum absolute atomic E-state index is 0.0202. The van der Waals surface area contributed by atoms with Crippen molar-refractivity contribution in [3.05, 3.63) is 35.0 Å². The highest BCUT2D eigenvalue weighted by molar-refractivity contribution is 5.78. The molecular weight excluding hydrogens is 485 g/mol. The lowest BCUT2D eigenvalue weighted by atomic mass is 9.84. The van der Waals surface area contributed by atoms with Gasteiger partial charge in [-0.25, -0.2) is 9.97 Å². The van der Waals surface area contributed by atoms with Crippen LogP contribution in [0.2, 0.25) is 0 Å². The zero-order valence-electron chi connectivity index (χ0n) is 21.9. The molecule has 2 aromatic rings. The number of alkyl halides is 3. The molecule has 1 saturated carbocycles. The second kappa shape index (κ2) is 11.8. The molecule has 4 rings (SSSR count). The van der Waals surface area contributed by atoms with Crippen molar-refractivity contribution in [3.8, 4) is 5.88 Å². The maximum Gasteiger partial charge on any atom is 0.425 e. The predicted molar refractivity (Wildman–Crippen MR) is 132 cm³/mol. The highest BCUT2D eigenvalue weighted by Crippen LogP contribution is 2.28. The molecule has 204 valence electrons. The normalized spacial score (nSPS) is 21.7. The van der Waals surface area contributed by atoms with Gasteiger partial charge < -0.3 is 15.0 Å². The molecule has 8 nitrogen and oxygen atoms in total. The number of halogens is 3. The van der Waals surface area contributed by atoms with Crippen LogP contribution in [-0.4, -0.2) is 68.5 Å². The first-order valence-corrected chi connectivity index (χ1v) is 13.2. The Balaban J connectivity index is 1.17. The topological polar surface area (TPSA) is 85.2 Å². The van der Waals surface area contributed by atoms with Crippen molar-refractivity contribution in [3.63, 3.8) is 0 Å². The van der Waals surface area contributed by atoms with Gasteiger partial charge in [-0.3, -0.25) is 9.48 Å². The van der Waals surface area contributed by atoms with E-state index in [1.165, 1.54) is 0 Å². The summed E-state index contributed by atoms with van der Waals surface area (Å²) in [6, 6.07) is 3.61. The largest absolute Gasteiger partial charge is 0.465 e. The number of hydrogen-bond acceptors (Lipinski definition) is 6. The first-order chi connectivity index (χ1) is 17.6. The lowest BCUT2D eigenvalue weighted by Crippen LogP contribution is -2.39. The van der Waals surface area contributed by atoms with Crippen molar-refractivity contribution < 1.29 is 22.7 Å². The third kappa shape index (κ3) is 7.66. The average Bonchev–Trinajstić information content (AvgIpc) is 3.02. The summed E-state index contributed by atoms with van der Waals surface area (Å²) in [6.07, 6.45) is 0.731. The minimum atomic E-state index is -4.41. The van der Waals surface area contributed by atoms with Crippen LogP contribution >= 0.6 is 0 Å². The number of pyridine rings is 1. The van der Waals surface area contributed by atoms with E-state index in [2.05, 4.69) is 25.3 Å². The van der Waals surface area contributed by atoms with Gasteiger partial charge in [0.15, 0.2) is 11.9 Å². The van der Waals surface area contributed by atoms with E-state index in [0.717, 1.165) is 82.2 Å². The van der Waals surface area contributed by atoms with Crippen molar-refractivity contribution in [2.24, 2.45) is 13.0 Å². The first-order valence-electron chi connectivity index (χ1n) is 13.2. The lowest BCUT2D eigenvalue weighted by molar-refractivity contribution is -0.190. The van der Waals surface area contributed by atoms with Crippen LogP contribution in [0.5, 0.6) is 5.88 Å². The van der Waals surface area contributed by atoms with E-state index in [0.29, 0.717) is 18.2 Å². The second-order valence-corrected chi connectivity index (χ2v) is 10.3. The van der Waals surface area contributed by atoms with Gasteiger partial charge in [0, 0.05) is 44.4 Å². The summed E-state index contributed by atoms with van der Waals surface area (Å²) in [5.74, 6) is 2.00. The Kier molecular flexibility index (Phi) is 8.71. The predicted octanol–water partition coefficient (Wildman–Crippen LogP) is 3.56. The Morgan fingerprint density at radius 1 is 1.16 bits per heavy atom. The third-order valence-corrected chi connectivity index (χ3v) is 7.57. The van der Waals surface area contributed by atoms with Gasteiger partial charge in [-0.15, -0.1) is 0 Å². The summed E-state index contributed by atoms with van der Waals surface area (Å²) < 4.78 is 45.1. The zero-order chi connectivity index (χ0) is 26.6. The highest BCUT2D eigenvalue weighted by Gasteiger charge is 2.38. The molecule has 0 bridgehead atoms. The van der Waals surface area contributed by atoms with Crippen LogP contribution in [0.15, 0.2) is 12.1 Å². The Morgan fingerprint density at radius 2 is 1.89 bits per heavy atom. The molecule has 1 aliphatic heterocycles. The van der Waals surface area contributed by atoms with E-state index in [1.54, 1.807) is 10.7 Å². The van der Waals surface area contributed by atoms with Gasteiger partial charge >= 0.3 is 6.18 Å². The average molecular weight is 523 g/mol. The van der Waals surface area contributed by atoms with Crippen molar-refractivity contribution in [2.75, 3.05) is 19.6 Å². The minimum Gasteiger partial charge on any atom is -0.465 e. The van der Waals surface area contributed by atoms with Crippen molar-refractivity contribution >= 4 is 5.91 Å². The molecule has 1 amide bonds. The van der Waals surface area contributed by atoms with Crippen LogP contribution < -0.4 is 10.1 Å². The van der Waals surface area contributed by atoms with Crippen LogP contribution in [0.3, 0.4) is 0 Å². The van der Waals surface area contributed by atoms with E-state index in [-0.39, 0.29) is 24.2 Å². The van der Waals surface area contributed by atoms with Gasteiger partial charge in [-0.1, -0.05) is 6.07 Å². The standard InChI is InChI=1S/C26H37F3N6O2/c1-17(26(27,28)29)37-25-9-6-20-11-14-35(15-12-22(20)32-25)13-10-19-4-7-21(8-5-19)31-24(36)16-23-30-18(2)34(3)33-23/h6,9,17,19,21H,4-5,7-8,10-16H2,1-3H3,(H,31,36)/t17-,19?,21?/m1/s1. The number of carbonyl (C=O) groups is 1. The summed E-state index contributed by atoms with van der Waals surface area (Å²) in [5.41, 5.74) is 1.92. The molecule has 0 aromatic carbocycles. The molecule has 1 atom stereocenters. The van der Waals surface area contributed by atoms with Crippen LogP contribution in [0.25, 0.3) is 0 Å². The van der Waals surface area contributed by atoms with Crippen LogP contribution in [-0.2, 0) is 31.1 Å². The lowest BCUT2D eigenvalue weighted by Gasteiger charge is -2.30. The fraction of sp³-hybridized carbons (Fsp3) is 0.692. The summed E-state index contributed by atoms with van der Waals surface area (Å²) in [6.45, 7) is 5.61. The van der Waals surface area contributed by atoms with Gasteiger partial charge in [-0.05, 0) is 70.4 Å². The van der Waals surface area contributed by atoms with E-state index in [9.17, 15) is 18.0 Å². The van der Waals surface area contributed by atoms with Gasteiger partial charge in [0.25, 0.3) is 0 Å². The number of rotatable bonds is 8. The molecule has 0 radical (unpaired) electrons. The molecule has 1 N–H and O–H groups in total. The monoisotopic (exact) mass is 522 g/mol. The summed E-state index contributed by atoms with van der Waals surface area (Å²) in [5, 5.41) is 7.40. The Hall–Kier alpha value is -2.69. The first kappa shape index (κ1) is 27.3. The number of aromatic nitrogens is 4. The zero-order valence-corrected chi connectivity index (χ0v) is 21.9. The molecule has 1 fully saturated rings. The number of nitrogens with zero attached hydrogens (tertiary/aromatic N) is 5. The Morgan fingerprint density at radius 3 is 2.57 bits per heavy atom. The molecule has 2 aromatic heterocycles. The summed E-state index contributed by atoms with van der Waals surface area (Å²) in [7, 11) is 1.82. The number of hydrogen-bond donors (Lipinski definition) is 1. The van der Waals surface area contributed by atoms with Gasteiger partial charge in [0.2, 0.25) is 11.8 Å².